The number of carboxylic acid groups (broad SMARTS) is 2. The van der Waals surface area contributed by atoms with Crippen LogP contribution in [0, 0.1) is 0 Å². The molecule has 0 saturated carbocycles. The minimum absolute atomic E-state index is 0. The minimum atomic E-state index is -1.83. The number of hydrogen-bond donors (Lipinski definition) is 2. The smallest absolute Gasteiger partial charge is 0.503 e. The van der Waals surface area contributed by atoms with Gasteiger partial charge in [-0.15, -0.1) is 0 Å². The molecule has 4 nitrogen and oxygen atoms in total. The number of hydrogen-bond acceptors (Lipinski definition) is 1. The topological polar surface area (TPSA) is 91.0 Å². The Labute approximate surface area is 53.9 Å². The summed E-state index contributed by atoms with van der Waals surface area (Å²) in [4.78, 5) is 8.56. The van der Waals surface area contributed by atoms with Crippen molar-refractivity contribution in [2.24, 2.45) is 0 Å². The fraction of sp³-hybridized carbons (Fsp3) is 0. The van der Waals surface area contributed by atoms with Gasteiger partial charge in [0.05, 0.1) is 0 Å². The van der Waals surface area contributed by atoms with Gasteiger partial charge in [-0.3, -0.25) is 0 Å². The first kappa shape index (κ1) is 16.5. The van der Waals surface area contributed by atoms with Crippen LogP contribution in [0.1, 0.15) is 0 Å². The van der Waals surface area contributed by atoms with E-state index in [1.54, 1.807) is 0 Å². The Hall–Kier alpha value is 0.113. The molecule has 5 heteroatoms. The van der Waals surface area contributed by atoms with E-state index in [4.69, 9.17) is 15.0 Å². The zero-order valence-corrected chi connectivity index (χ0v) is 5.34. The summed E-state index contributed by atoms with van der Waals surface area (Å²) in [6.07, 6.45) is -1.83. The minimum Gasteiger partial charge on any atom is -0.693 e. The van der Waals surface area contributed by atoms with E-state index in [1.807, 2.05) is 0 Å². The predicted octanol–water partition coefficient (Wildman–Crippen LogP) is 0.937. The third-order valence-electron chi connectivity index (χ3n) is 0. The molecule has 0 aliphatic carbocycles. The van der Waals surface area contributed by atoms with Gasteiger partial charge in [0.1, 0.15) is 0 Å². The van der Waals surface area contributed by atoms with Crippen molar-refractivity contribution < 1.29 is 41.2 Å². The van der Waals surface area contributed by atoms with E-state index in [1.165, 1.54) is 0 Å². The second kappa shape index (κ2) is 8.93. The van der Waals surface area contributed by atoms with Crippen molar-refractivity contribution in [3.8, 4) is 0 Å². The molecule has 0 atom stereocenters. The SMILES string of the molecule is O=C(O)O.[NH2-].[Zr]. The van der Waals surface area contributed by atoms with Gasteiger partial charge < -0.3 is 16.4 Å². The zero-order valence-electron chi connectivity index (χ0n) is 2.88. The summed E-state index contributed by atoms with van der Waals surface area (Å²) in [5.74, 6) is 0. The monoisotopic (exact) mass is 168 g/mol. The fourth-order valence-electron chi connectivity index (χ4n) is 0. The van der Waals surface area contributed by atoms with Crippen LogP contribution in [0.5, 0.6) is 0 Å². The molecule has 0 aromatic carbocycles. The zero-order chi connectivity index (χ0) is 3.58. The van der Waals surface area contributed by atoms with Gasteiger partial charge in [0.25, 0.3) is 0 Å². The van der Waals surface area contributed by atoms with E-state index < -0.39 is 6.16 Å². The number of rotatable bonds is 0. The number of nitrogens with two attached hydrogens (primary N) is 1. The summed E-state index contributed by atoms with van der Waals surface area (Å²) >= 11 is 0. The Kier molecular flexibility index (Phi) is 24.5. The Balaban J connectivity index is -0.0000000450. The van der Waals surface area contributed by atoms with E-state index in [0.29, 0.717) is 0 Å². The molecule has 0 aromatic rings. The normalized spacial score (nSPS) is 4.00. The maximum absolute atomic E-state index is 8.56. The van der Waals surface area contributed by atoms with Gasteiger partial charge in [-0.1, -0.05) is 0 Å². The Bertz CT molecular complexity index is 33.8. The van der Waals surface area contributed by atoms with E-state index >= 15 is 0 Å². The summed E-state index contributed by atoms with van der Waals surface area (Å²) in [7, 11) is 0. The van der Waals surface area contributed by atoms with Gasteiger partial charge >= 0.3 is 6.16 Å². The molecule has 0 rings (SSSR count). The van der Waals surface area contributed by atoms with Crippen LogP contribution in [0.2, 0.25) is 0 Å². The molecule has 0 unspecified atom stereocenters. The second-order valence-electron chi connectivity index (χ2n) is 0.283. The van der Waals surface area contributed by atoms with Crippen LogP contribution in [-0.4, -0.2) is 16.4 Å². The molecule has 0 aliphatic rings. The molecule has 4 N–H and O–H groups in total. The molecule has 0 radical (unpaired) electrons. The molecule has 0 bridgehead atoms. The molecule has 0 heterocycles. The first-order valence-corrected chi connectivity index (χ1v) is 0.651. The van der Waals surface area contributed by atoms with Gasteiger partial charge in [0.15, 0.2) is 0 Å². The van der Waals surface area contributed by atoms with Crippen LogP contribution in [0.4, 0.5) is 4.79 Å². The molecule has 0 fully saturated rings. The Morgan fingerprint density at radius 1 is 1.33 bits per heavy atom. The van der Waals surface area contributed by atoms with Gasteiger partial charge in [0, 0.05) is 26.2 Å². The summed E-state index contributed by atoms with van der Waals surface area (Å²) in [5, 5.41) is 13.9. The largest absolute Gasteiger partial charge is 0.693 e. The number of carbonyl (C=O) groups is 1. The quantitative estimate of drug-likeness (QED) is 0.565. The standard InChI is InChI=1S/CH2O3.H2N.Zr/c2-1(3)4;;/h(H2,2,3,4);1H2;/q;-1;. The van der Waals surface area contributed by atoms with Crippen LogP contribution in [0.25, 0.3) is 6.15 Å². The van der Waals surface area contributed by atoms with Crippen molar-refractivity contribution in [2.75, 3.05) is 0 Å². The average Bonchev–Trinajstić information content (AvgIpc) is 0.811. The summed E-state index contributed by atoms with van der Waals surface area (Å²) in [6, 6.07) is 0. The van der Waals surface area contributed by atoms with Crippen molar-refractivity contribution in [3.05, 3.63) is 6.15 Å². The summed E-state index contributed by atoms with van der Waals surface area (Å²) in [6.45, 7) is 0. The molecule has 0 spiro atoms. The van der Waals surface area contributed by atoms with Gasteiger partial charge in [-0.2, -0.15) is 0 Å². The first-order valence-electron chi connectivity index (χ1n) is 0.651. The van der Waals surface area contributed by atoms with E-state index in [0.717, 1.165) is 0 Å². The maximum atomic E-state index is 8.56. The molecule has 36 valence electrons. The van der Waals surface area contributed by atoms with Gasteiger partial charge in [-0.05, 0) is 0 Å². The third kappa shape index (κ3) is 3120. The van der Waals surface area contributed by atoms with Crippen molar-refractivity contribution in [1.29, 1.82) is 0 Å². The van der Waals surface area contributed by atoms with Crippen LogP contribution in [0.3, 0.4) is 0 Å². The Morgan fingerprint density at radius 3 is 1.33 bits per heavy atom. The van der Waals surface area contributed by atoms with Gasteiger partial charge in [-0.25, -0.2) is 4.79 Å². The van der Waals surface area contributed by atoms with Gasteiger partial charge in [0.2, 0.25) is 0 Å². The molecular weight excluding hydrogens is 165 g/mol. The maximum Gasteiger partial charge on any atom is 0.503 e. The molecule has 0 aliphatic heterocycles. The molecule has 0 saturated heterocycles. The predicted molar refractivity (Wildman–Crippen MR) is 15.9 cm³/mol. The molecule has 6 heavy (non-hydrogen) atoms. The summed E-state index contributed by atoms with van der Waals surface area (Å²) < 4.78 is 0. The van der Waals surface area contributed by atoms with E-state index in [2.05, 4.69) is 0 Å². The van der Waals surface area contributed by atoms with Crippen molar-refractivity contribution in [2.45, 2.75) is 0 Å². The molecule has 0 aromatic heterocycles. The average molecular weight is 169 g/mol. The van der Waals surface area contributed by atoms with Crippen molar-refractivity contribution >= 4 is 6.16 Å². The van der Waals surface area contributed by atoms with Crippen LogP contribution in [0.15, 0.2) is 0 Å². The Morgan fingerprint density at radius 2 is 1.33 bits per heavy atom. The van der Waals surface area contributed by atoms with Crippen LogP contribution in [-0.2, 0) is 26.2 Å². The first-order chi connectivity index (χ1) is 1.73. The van der Waals surface area contributed by atoms with E-state index in [9.17, 15) is 0 Å². The summed E-state index contributed by atoms with van der Waals surface area (Å²) in [5.41, 5.74) is 0. The van der Waals surface area contributed by atoms with Crippen LogP contribution < -0.4 is 0 Å². The van der Waals surface area contributed by atoms with E-state index in [-0.39, 0.29) is 32.4 Å². The van der Waals surface area contributed by atoms with Crippen LogP contribution >= 0.6 is 0 Å². The fourth-order valence-corrected chi connectivity index (χ4v) is 0. The van der Waals surface area contributed by atoms with Crippen molar-refractivity contribution in [3.63, 3.8) is 0 Å². The van der Waals surface area contributed by atoms with Crippen molar-refractivity contribution in [1.82, 2.24) is 0 Å². The molecular formula is CH4NO3Zr-. The second-order valence-corrected chi connectivity index (χ2v) is 0.283. The molecule has 0 amide bonds. The third-order valence-corrected chi connectivity index (χ3v) is 0.